The number of hydrogen-bond acceptors (Lipinski definition) is 4. The first kappa shape index (κ1) is 17.2. The Labute approximate surface area is 134 Å². The zero-order valence-electron chi connectivity index (χ0n) is 14.5. The fourth-order valence-corrected chi connectivity index (χ4v) is 2.62. The molecule has 22 heavy (non-hydrogen) atoms. The summed E-state index contributed by atoms with van der Waals surface area (Å²) in [6, 6.07) is -0.246. The summed E-state index contributed by atoms with van der Waals surface area (Å²) in [7, 11) is -0.445. The third-order valence-electron chi connectivity index (χ3n) is 4.85. The molecule has 2 aliphatic heterocycles. The Hall–Kier alpha value is -1.17. The molecule has 0 aliphatic carbocycles. The van der Waals surface area contributed by atoms with Crippen LogP contribution in [0.3, 0.4) is 0 Å². The van der Waals surface area contributed by atoms with Gasteiger partial charge in [0.2, 0.25) is 0 Å². The lowest BCUT2D eigenvalue weighted by molar-refractivity contribution is 0.00578. The van der Waals surface area contributed by atoms with E-state index in [1.54, 1.807) is 6.08 Å². The van der Waals surface area contributed by atoms with E-state index >= 15 is 0 Å². The number of hydrogen-bond donors (Lipinski definition) is 1. The summed E-state index contributed by atoms with van der Waals surface area (Å²) in [5.74, 6) is 0. The van der Waals surface area contributed by atoms with E-state index < -0.39 is 7.12 Å². The standard InChI is InChI=1S/C17H27BN2O2/c1-8-12(18-21-16(4,5)17(6,7)22-18)11-14(19)13-9-10-20-15(13,2)3/h8-11,14H,1,19H2,2-7H3/b12-11+. The molecule has 0 aromatic carbocycles. The van der Waals surface area contributed by atoms with Crippen molar-refractivity contribution in [2.45, 2.75) is 64.3 Å². The van der Waals surface area contributed by atoms with Gasteiger partial charge in [0.15, 0.2) is 0 Å². The van der Waals surface area contributed by atoms with Crippen molar-refractivity contribution in [3.63, 3.8) is 0 Å². The molecule has 0 radical (unpaired) electrons. The predicted molar refractivity (Wildman–Crippen MR) is 93.0 cm³/mol. The molecule has 2 heterocycles. The van der Waals surface area contributed by atoms with Crippen LogP contribution in [-0.4, -0.2) is 36.1 Å². The molecule has 1 saturated heterocycles. The van der Waals surface area contributed by atoms with Gasteiger partial charge in [0.05, 0.1) is 16.7 Å². The van der Waals surface area contributed by atoms with Gasteiger partial charge in [0, 0.05) is 12.3 Å². The van der Waals surface area contributed by atoms with Gasteiger partial charge in [-0.05, 0) is 58.7 Å². The van der Waals surface area contributed by atoms with Crippen molar-refractivity contribution in [2.24, 2.45) is 10.7 Å². The molecule has 0 amide bonds. The third-order valence-corrected chi connectivity index (χ3v) is 4.85. The maximum Gasteiger partial charge on any atom is 0.494 e. The van der Waals surface area contributed by atoms with Gasteiger partial charge >= 0.3 is 7.12 Å². The smallest absolute Gasteiger partial charge is 0.399 e. The zero-order valence-corrected chi connectivity index (χ0v) is 14.5. The fraction of sp³-hybridized carbons (Fsp3) is 0.588. The topological polar surface area (TPSA) is 56.8 Å². The minimum atomic E-state index is -0.445. The minimum Gasteiger partial charge on any atom is -0.399 e. The molecule has 1 atom stereocenters. The summed E-state index contributed by atoms with van der Waals surface area (Å²) in [5.41, 5.74) is 7.26. The maximum absolute atomic E-state index is 6.35. The van der Waals surface area contributed by atoms with Crippen LogP contribution < -0.4 is 5.73 Å². The highest BCUT2D eigenvalue weighted by Crippen LogP contribution is 2.39. The molecule has 2 rings (SSSR count). The van der Waals surface area contributed by atoms with E-state index in [4.69, 9.17) is 15.0 Å². The van der Waals surface area contributed by atoms with E-state index in [-0.39, 0.29) is 22.8 Å². The van der Waals surface area contributed by atoms with Gasteiger partial charge in [-0.2, -0.15) is 0 Å². The highest BCUT2D eigenvalue weighted by Gasteiger charge is 2.52. The lowest BCUT2D eigenvalue weighted by Crippen LogP contribution is -2.41. The van der Waals surface area contributed by atoms with Gasteiger partial charge < -0.3 is 15.0 Å². The largest absolute Gasteiger partial charge is 0.494 e. The monoisotopic (exact) mass is 302 g/mol. The molecule has 1 fully saturated rings. The van der Waals surface area contributed by atoms with E-state index in [0.717, 1.165) is 11.0 Å². The van der Waals surface area contributed by atoms with Crippen LogP contribution in [0.25, 0.3) is 0 Å². The lowest BCUT2D eigenvalue weighted by Gasteiger charge is -2.32. The van der Waals surface area contributed by atoms with Crippen molar-refractivity contribution in [1.29, 1.82) is 0 Å². The average Bonchev–Trinajstić information content (AvgIpc) is 2.83. The van der Waals surface area contributed by atoms with Gasteiger partial charge in [-0.15, -0.1) is 0 Å². The van der Waals surface area contributed by atoms with Crippen LogP contribution in [0.4, 0.5) is 0 Å². The molecule has 0 bridgehead atoms. The quantitative estimate of drug-likeness (QED) is 0.642. The summed E-state index contributed by atoms with van der Waals surface area (Å²) in [5, 5.41) is 0. The van der Waals surface area contributed by atoms with Crippen molar-refractivity contribution in [3.05, 3.63) is 35.9 Å². The van der Waals surface area contributed by atoms with Crippen LogP contribution in [-0.2, 0) is 9.31 Å². The highest BCUT2D eigenvalue weighted by molar-refractivity contribution is 6.55. The van der Waals surface area contributed by atoms with Crippen LogP contribution in [0.2, 0.25) is 0 Å². The van der Waals surface area contributed by atoms with Gasteiger partial charge in [-0.25, -0.2) is 0 Å². The molecule has 0 aromatic rings. The van der Waals surface area contributed by atoms with Crippen molar-refractivity contribution in [3.8, 4) is 0 Å². The Balaban J connectivity index is 2.21. The SMILES string of the molecule is C=C/C(=C\C(N)C1=CC=NC1(C)C)B1OC(C)(C)C(C)(C)O1. The maximum atomic E-state index is 6.35. The summed E-state index contributed by atoms with van der Waals surface area (Å²) in [4.78, 5) is 4.43. The first-order valence-corrected chi connectivity index (χ1v) is 7.71. The molecule has 1 unspecified atom stereocenters. The Morgan fingerprint density at radius 1 is 1.23 bits per heavy atom. The molecule has 0 spiro atoms. The van der Waals surface area contributed by atoms with Crippen LogP contribution in [0, 0.1) is 0 Å². The first-order valence-electron chi connectivity index (χ1n) is 7.71. The van der Waals surface area contributed by atoms with Gasteiger partial charge in [0.25, 0.3) is 0 Å². The van der Waals surface area contributed by atoms with Crippen molar-refractivity contribution < 1.29 is 9.31 Å². The van der Waals surface area contributed by atoms with Gasteiger partial charge in [-0.3, -0.25) is 4.99 Å². The number of nitrogens with two attached hydrogens (primary N) is 1. The van der Waals surface area contributed by atoms with Crippen molar-refractivity contribution in [2.75, 3.05) is 0 Å². The van der Waals surface area contributed by atoms with Crippen LogP contribution >= 0.6 is 0 Å². The Morgan fingerprint density at radius 2 is 1.77 bits per heavy atom. The summed E-state index contributed by atoms with van der Waals surface area (Å²) in [6.45, 7) is 16.1. The molecule has 4 nitrogen and oxygen atoms in total. The third kappa shape index (κ3) is 2.98. The van der Waals surface area contributed by atoms with Crippen molar-refractivity contribution in [1.82, 2.24) is 0 Å². The highest BCUT2D eigenvalue weighted by atomic mass is 16.7. The summed E-state index contributed by atoms with van der Waals surface area (Å²) >= 11 is 0. The zero-order chi connectivity index (χ0) is 16.8. The summed E-state index contributed by atoms with van der Waals surface area (Å²) in [6.07, 6.45) is 7.50. The number of nitrogens with zero attached hydrogens (tertiary/aromatic N) is 1. The van der Waals surface area contributed by atoms with E-state index in [1.165, 1.54) is 0 Å². The van der Waals surface area contributed by atoms with Crippen LogP contribution in [0.15, 0.2) is 40.8 Å². The Morgan fingerprint density at radius 3 is 2.18 bits per heavy atom. The second kappa shape index (κ2) is 5.48. The van der Waals surface area contributed by atoms with Crippen LogP contribution in [0.5, 0.6) is 0 Å². The molecule has 2 N–H and O–H groups in total. The predicted octanol–water partition coefficient (Wildman–Crippen LogP) is 2.85. The molecule has 0 aromatic heterocycles. The molecular weight excluding hydrogens is 275 g/mol. The minimum absolute atomic E-state index is 0.246. The average molecular weight is 302 g/mol. The Bertz CT molecular complexity index is 543. The lowest BCUT2D eigenvalue weighted by atomic mass is 9.76. The van der Waals surface area contributed by atoms with Crippen molar-refractivity contribution >= 4 is 13.3 Å². The molecule has 5 heteroatoms. The molecule has 120 valence electrons. The molecular formula is C17H27BN2O2. The normalized spacial score (nSPS) is 27.0. The number of allylic oxidation sites excluding steroid dienone is 3. The molecule has 0 saturated carbocycles. The number of rotatable bonds is 4. The van der Waals surface area contributed by atoms with Gasteiger partial charge in [-0.1, -0.05) is 18.7 Å². The van der Waals surface area contributed by atoms with Gasteiger partial charge in [0.1, 0.15) is 0 Å². The molecule has 2 aliphatic rings. The summed E-state index contributed by atoms with van der Waals surface area (Å²) < 4.78 is 12.1. The van der Waals surface area contributed by atoms with E-state index in [1.807, 2.05) is 46.1 Å². The Kier molecular flexibility index (Phi) is 4.28. The second-order valence-electron chi connectivity index (χ2n) is 7.44. The first-order chi connectivity index (χ1) is 10.00. The number of aliphatic imine (C=N–C) groups is 1. The van der Waals surface area contributed by atoms with Crippen LogP contribution in [0.1, 0.15) is 41.5 Å². The second-order valence-corrected chi connectivity index (χ2v) is 7.44. The van der Waals surface area contributed by atoms with E-state index in [0.29, 0.717) is 0 Å². The fourth-order valence-electron chi connectivity index (χ4n) is 2.62. The van der Waals surface area contributed by atoms with E-state index in [9.17, 15) is 0 Å². The van der Waals surface area contributed by atoms with E-state index in [2.05, 4.69) is 25.4 Å².